The molecule has 0 radical (unpaired) electrons. The second-order valence-electron chi connectivity index (χ2n) is 10.6. The summed E-state index contributed by atoms with van der Waals surface area (Å²) in [6, 6.07) is 8.68. The van der Waals surface area contributed by atoms with Gasteiger partial charge in [-0.15, -0.1) is 0 Å². The summed E-state index contributed by atoms with van der Waals surface area (Å²) in [5.41, 5.74) is 0.967. The highest BCUT2D eigenvalue weighted by Crippen LogP contribution is 2.24. The zero-order valence-corrected chi connectivity index (χ0v) is 21.1. The lowest BCUT2D eigenvalue weighted by molar-refractivity contribution is 0.0281. The average Bonchev–Trinajstić information content (AvgIpc) is 3.08. The second kappa shape index (κ2) is 10.2. The van der Waals surface area contributed by atoms with Crippen molar-refractivity contribution in [2.24, 2.45) is 18.0 Å². The fourth-order valence-electron chi connectivity index (χ4n) is 4.07. The standard InChI is InChI=1S/C26H36N4O4/c1-25(2,3)22-14-23(30(29(22)6)16-18-9-11-33-12-10-18)28-24(31)20-13-19(15-27)7-8-21(20)34-17-26(4,5)32/h7-8,13-14,18,32H,9-12,16-17H2,1-6H3. The van der Waals surface area contributed by atoms with Crippen molar-refractivity contribution in [3.8, 4) is 11.8 Å². The molecule has 3 rings (SSSR count). The van der Waals surface area contributed by atoms with Crippen molar-refractivity contribution in [3.05, 3.63) is 46.6 Å². The smallest absolute Gasteiger partial charge is 0.282 e. The molecule has 1 saturated heterocycles. The highest BCUT2D eigenvalue weighted by molar-refractivity contribution is 5.98. The summed E-state index contributed by atoms with van der Waals surface area (Å²) in [7, 11) is 2.00. The first-order chi connectivity index (χ1) is 15.9. The van der Waals surface area contributed by atoms with Gasteiger partial charge in [-0.25, -0.2) is 0 Å². The fraction of sp³-hybridized carbons (Fsp3) is 0.577. The SMILES string of the molecule is Cn1c(C(C)(C)C)cc(=NC(=O)c2cc(C#N)ccc2OCC(C)(C)O)n1CC1CCOCC1. The lowest BCUT2D eigenvalue weighted by Gasteiger charge is -2.25. The van der Waals surface area contributed by atoms with Crippen LogP contribution in [-0.4, -0.2) is 45.8 Å². The van der Waals surface area contributed by atoms with Gasteiger partial charge in [-0.2, -0.15) is 10.3 Å². The van der Waals surface area contributed by atoms with Crippen LogP contribution in [0.3, 0.4) is 0 Å². The Morgan fingerprint density at radius 2 is 1.91 bits per heavy atom. The molecule has 0 saturated carbocycles. The van der Waals surface area contributed by atoms with Gasteiger partial charge in [-0.05, 0) is 50.8 Å². The first kappa shape index (κ1) is 25.7. The number of aliphatic hydroxyl groups is 1. The lowest BCUT2D eigenvalue weighted by atomic mass is 9.92. The molecule has 1 aromatic heterocycles. The minimum atomic E-state index is -1.07. The molecule has 2 aromatic rings. The van der Waals surface area contributed by atoms with Crippen LogP contribution in [0.15, 0.2) is 29.3 Å². The Labute approximate surface area is 201 Å². The molecule has 0 unspecified atom stereocenters. The van der Waals surface area contributed by atoms with Crippen molar-refractivity contribution in [2.45, 2.75) is 65.0 Å². The number of benzene rings is 1. The molecule has 1 aliphatic rings. The molecule has 1 N–H and O–H groups in total. The fourth-order valence-corrected chi connectivity index (χ4v) is 4.07. The van der Waals surface area contributed by atoms with Crippen LogP contribution in [0.4, 0.5) is 0 Å². The first-order valence-electron chi connectivity index (χ1n) is 11.7. The van der Waals surface area contributed by atoms with Crippen molar-refractivity contribution in [2.75, 3.05) is 19.8 Å². The molecule has 1 aromatic carbocycles. The van der Waals surface area contributed by atoms with E-state index >= 15 is 0 Å². The molecule has 34 heavy (non-hydrogen) atoms. The van der Waals surface area contributed by atoms with E-state index in [0.29, 0.717) is 17.0 Å². The van der Waals surface area contributed by atoms with Gasteiger partial charge in [-0.1, -0.05) is 20.8 Å². The van der Waals surface area contributed by atoms with E-state index in [4.69, 9.17) is 9.47 Å². The van der Waals surface area contributed by atoms with Gasteiger partial charge in [0.15, 0.2) is 5.49 Å². The molecule has 0 bridgehead atoms. The van der Waals surface area contributed by atoms with Crippen LogP contribution < -0.4 is 10.2 Å². The average molecular weight is 469 g/mol. The Balaban J connectivity index is 2.06. The Morgan fingerprint density at radius 3 is 2.50 bits per heavy atom. The van der Waals surface area contributed by atoms with Crippen molar-refractivity contribution >= 4 is 5.91 Å². The van der Waals surface area contributed by atoms with Crippen LogP contribution in [0.2, 0.25) is 0 Å². The summed E-state index contributed by atoms with van der Waals surface area (Å²) in [6.45, 7) is 11.9. The molecule has 1 fully saturated rings. The number of hydrogen-bond acceptors (Lipinski definition) is 5. The Kier molecular flexibility index (Phi) is 7.69. The number of nitriles is 1. The van der Waals surface area contributed by atoms with E-state index in [-0.39, 0.29) is 23.3 Å². The number of carbonyl (C=O) groups excluding carboxylic acids is 1. The monoisotopic (exact) mass is 468 g/mol. The van der Waals surface area contributed by atoms with Crippen LogP contribution >= 0.6 is 0 Å². The van der Waals surface area contributed by atoms with E-state index in [9.17, 15) is 15.2 Å². The number of carbonyl (C=O) groups is 1. The maximum Gasteiger partial charge on any atom is 0.282 e. The van der Waals surface area contributed by atoms with Crippen molar-refractivity contribution < 1.29 is 19.4 Å². The van der Waals surface area contributed by atoms with Gasteiger partial charge < -0.3 is 14.6 Å². The highest BCUT2D eigenvalue weighted by Gasteiger charge is 2.24. The maximum absolute atomic E-state index is 13.4. The van der Waals surface area contributed by atoms with E-state index in [2.05, 4.69) is 41.2 Å². The van der Waals surface area contributed by atoms with Crippen LogP contribution in [0, 0.1) is 17.2 Å². The van der Waals surface area contributed by atoms with Crippen molar-refractivity contribution in [1.82, 2.24) is 9.36 Å². The summed E-state index contributed by atoms with van der Waals surface area (Å²) < 4.78 is 15.4. The Morgan fingerprint density at radius 1 is 1.24 bits per heavy atom. The van der Waals surface area contributed by atoms with E-state index < -0.39 is 11.5 Å². The zero-order chi connectivity index (χ0) is 25.1. The summed E-state index contributed by atoms with van der Waals surface area (Å²) in [5, 5.41) is 19.4. The normalized spacial score (nSPS) is 15.9. The molecule has 1 amide bonds. The van der Waals surface area contributed by atoms with E-state index in [0.717, 1.165) is 38.3 Å². The molecule has 2 heterocycles. The predicted octanol–water partition coefficient (Wildman–Crippen LogP) is 3.31. The third-order valence-corrected chi connectivity index (χ3v) is 5.92. The van der Waals surface area contributed by atoms with Crippen molar-refractivity contribution in [1.29, 1.82) is 5.26 Å². The van der Waals surface area contributed by atoms with Gasteiger partial charge in [0.2, 0.25) is 0 Å². The van der Waals surface area contributed by atoms with Gasteiger partial charge in [0, 0.05) is 44.0 Å². The molecule has 0 spiro atoms. The number of aromatic nitrogens is 2. The molecule has 1 aliphatic heterocycles. The number of hydrogen-bond donors (Lipinski definition) is 1. The number of ether oxygens (including phenoxy) is 2. The summed E-state index contributed by atoms with van der Waals surface area (Å²) in [6.07, 6.45) is 1.94. The minimum Gasteiger partial charge on any atom is -0.490 e. The zero-order valence-electron chi connectivity index (χ0n) is 21.1. The Bertz CT molecular complexity index is 1130. The summed E-state index contributed by atoms with van der Waals surface area (Å²) in [5.74, 6) is 0.240. The summed E-state index contributed by atoms with van der Waals surface area (Å²) >= 11 is 0. The maximum atomic E-state index is 13.4. The molecule has 0 atom stereocenters. The first-order valence-corrected chi connectivity index (χ1v) is 11.7. The minimum absolute atomic E-state index is 0.00242. The van der Waals surface area contributed by atoms with Gasteiger partial charge in [0.25, 0.3) is 5.91 Å². The molecule has 8 heteroatoms. The topological polar surface area (TPSA) is 102 Å². The Hall–Kier alpha value is -2.89. The molecule has 8 nitrogen and oxygen atoms in total. The summed E-state index contributed by atoms with van der Waals surface area (Å²) in [4.78, 5) is 17.9. The van der Waals surface area contributed by atoms with E-state index in [1.807, 2.05) is 13.1 Å². The highest BCUT2D eigenvalue weighted by atomic mass is 16.5. The third kappa shape index (κ3) is 6.37. The lowest BCUT2D eigenvalue weighted by Crippen LogP contribution is -2.31. The van der Waals surface area contributed by atoms with E-state index in [1.165, 1.54) is 6.07 Å². The van der Waals surface area contributed by atoms with E-state index in [1.54, 1.807) is 26.0 Å². The molecular formula is C26H36N4O4. The van der Waals surface area contributed by atoms with Gasteiger partial charge in [0.1, 0.15) is 12.4 Å². The van der Waals surface area contributed by atoms with Gasteiger partial charge >= 0.3 is 0 Å². The predicted molar refractivity (Wildman–Crippen MR) is 128 cm³/mol. The van der Waals surface area contributed by atoms with Crippen LogP contribution in [0.25, 0.3) is 0 Å². The van der Waals surface area contributed by atoms with Crippen LogP contribution in [0.5, 0.6) is 5.75 Å². The van der Waals surface area contributed by atoms with Gasteiger partial charge in [0.05, 0.1) is 22.8 Å². The molecule has 184 valence electrons. The van der Waals surface area contributed by atoms with Gasteiger partial charge in [-0.3, -0.25) is 14.2 Å². The number of rotatable bonds is 6. The quantitative estimate of drug-likeness (QED) is 0.701. The largest absolute Gasteiger partial charge is 0.490 e. The number of nitrogens with zero attached hydrogens (tertiary/aromatic N) is 4. The van der Waals surface area contributed by atoms with Crippen LogP contribution in [0.1, 0.15) is 69.1 Å². The van der Waals surface area contributed by atoms with Crippen LogP contribution in [-0.2, 0) is 23.7 Å². The second-order valence-corrected chi connectivity index (χ2v) is 10.6. The molecular weight excluding hydrogens is 432 g/mol. The number of amides is 1. The third-order valence-electron chi connectivity index (χ3n) is 5.92. The molecule has 0 aliphatic carbocycles. The van der Waals surface area contributed by atoms with Crippen molar-refractivity contribution in [3.63, 3.8) is 0 Å².